The fraction of sp³-hybridized carbons (Fsp3) is 0.267. The number of carbonyl (C=O) groups is 1. The first kappa shape index (κ1) is 17.9. The van der Waals surface area contributed by atoms with Crippen molar-refractivity contribution in [3.63, 3.8) is 0 Å². The second-order valence-electron chi connectivity index (χ2n) is 5.33. The topological polar surface area (TPSA) is 66.5 Å². The third kappa shape index (κ3) is 3.67. The number of nitrogens with one attached hydrogen (secondary N) is 1. The monoisotopic (exact) mass is 448 g/mol. The first-order chi connectivity index (χ1) is 11.4. The van der Waals surface area contributed by atoms with Gasteiger partial charge in [-0.1, -0.05) is 27.5 Å². The number of amides is 1. The lowest BCUT2D eigenvalue weighted by Crippen LogP contribution is -2.42. The van der Waals surface area contributed by atoms with Crippen LogP contribution in [0.3, 0.4) is 0 Å². The number of halogens is 2. The molecule has 0 unspecified atom stereocenters. The van der Waals surface area contributed by atoms with Crippen LogP contribution in [-0.2, 0) is 14.8 Å². The summed E-state index contributed by atoms with van der Waals surface area (Å²) < 4.78 is 28.2. The van der Waals surface area contributed by atoms with Crippen LogP contribution in [0.5, 0.6) is 0 Å². The Morgan fingerprint density at radius 1 is 1.25 bits per heavy atom. The molecule has 3 rings (SSSR count). The van der Waals surface area contributed by atoms with Crippen molar-refractivity contribution in [2.45, 2.75) is 23.1 Å². The molecular formula is C15H14BrClN2O3S2. The molecule has 0 spiro atoms. The molecular weight excluding hydrogens is 436 g/mol. The Morgan fingerprint density at radius 2 is 1.96 bits per heavy atom. The number of sulfonamides is 1. The van der Waals surface area contributed by atoms with Crippen molar-refractivity contribution in [3.05, 3.63) is 45.2 Å². The predicted molar refractivity (Wildman–Crippen MR) is 99.0 cm³/mol. The smallest absolute Gasteiger partial charge is 0.253 e. The highest BCUT2D eigenvalue weighted by molar-refractivity contribution is 9.10. The van der Waals surface area contributed by atoms with Gasteiger partial charge in [0.2, 0.25) is 5.91 Å². The maximum atomic E-state index is 12.8. The van der Waals surface area contributed by atoms with E-state index in [-0.39, 0.29) is 10.1 Å². The Kier molecular flexibility index (Phi) is 5.31. The van der Waals surface area contributed by atoms with Gasteiger partial charge in [-0.2, -0.15) is 4.31 Å². The molecule has 9 heteroatoms. The van der Waals surface area contributed by atoms with Gasteiger partial charge in [-0.05, 0) is 49.2 Å². The molecule has 1 amide bonds. The van der Waals surface area contributed by atoms with Gasteiger partial charge in [-0.25, -0.2) is 8.42 Å². The zero-order valence-electron chi connectivity index (χ0n) is 12.4. The summed E-state index contributed by atoms with van der Waals surface area (Å²) >= 11 is 10.2. The number of nitrogens with zero attached hydrogens (tertiary/aromatic N) is 1. The Hall–Kier alpha value is -0.930. The van der Waals surface area contributed by atoms with Crippen molar-refractivity contribution in [3.8, 4) is 0 Å². The quantitative estimate of drug-likeness (QED) is 0.768. The van der Waals surface area contributed by atoms with Gasteiger partial charge in [0.25, 0.3) is 10.0 Å². The van der Waals surface area contributed by atoms with Gasteiger partial charge in [0.05, 0.1) is 4.34 Å². The molecule has 0 aliphatic carbocycles. The number of anilines is 1. The summed E-state index contributed by atoms with van der Waals surface area (Å²) in [5.41, 5.74) is 0.631. The van der Waals surface area contributed by atoms with Gasteiger partial charge in [0.15, 0.2) is 0 Å². The Balaban J connectivity index is 1.80. The standard InChI is InChI=1S/C15H14BrClN2O3S2/c16-10-3-5-11(6-4-10)18-15(20)12-2-1-9-19(12)24(21,22)14-8-7-13(17)23-14/h3-8,12H,1-2,9H2,(H,18,20)/t12-/m1/s1. The average Bonchev–Trinajstić information content (AvgIpc) is 3.19. The molecule has 2 aromatic rings. The van der Waals surface area contributed by atoms with E-state index >= 15 is 0 Å². The van der Waals surface area contributed by atoms with E-state index in [4.69, 9.17) is 11.6 Å². The minimum atomic E-state index is -3.71. The molecule has 2 heterocycles. The number of rotatable bonds is 4. The largest absolute Gasteiger partial charge is 0.325 e. The van der Waals surface area contributed by atoms with Gasteiger partial charge < -0.3 is 5.32 Å². The molecule has 1 aromatic carbocycles. The molecule has 1 aliphatic rings. The summed E-state index contributed by atoms with van der Waals surface area (Å²) in [6.45, 7) is 0.330. The number of carbonyl (C=O) groups excluding carboxylic acids is 1. The molecule has 0 saturated carbocycles. The normalized spacial score (nSPS) is 18.7. The van der Waals surface area contributed by atoms with E-state index in [9.17, 15) is 13.2 Å². The third-order valence-electron chi connectivity index (χ3n) is 3.73. The highest BCUT2D eigenvalue weighted by Crippen LogP contribution is 2.32. The Labute approximate surface area is 157 Å². The fourth-order valence-electron chi connectivity index (χ4n) is 2.60. The minimum absolute atomic E-state index is 0.163. The first-order valence-electron chi connectivity index (χ1n) is 7.21. The zero-order chi connectivity index (χ0) is 17.3. The van der Waals surface area contributed by atoms with E-state index < -0.39 is 16.1 Å². The van der Waals surface area contributed by atoms with Crippen molar-refractivity contribution in [2.75, 3.05) is 11.9 Å². The van der Waals surface area contributed by atoms with Crippen LogP contribution < -0.4 is 5.32 Å². The van der Waals surface area contributed by atoms with E-state index in [0.717, 1.165) is 15.8 Å². The van der Waals surface area contributed by atoms with Crippen LogP contribution in [0.25, 0.3) is 0 Å². The summed E-state index contributed by atoms with van der Waals surface area (Å²) in [5.74, 6) is -0.318. The molecule has 1 N–H and O–H groups in total. The predicted octanol–water partition coefficient (Wildman–Crippen LogP) is 3.96. The summed E-state index contributed by atoms with van der Waals surface area (Å²) in [6.07, 6.45) is 1.15. The second-order valence-corrected chi connectivity index (χ2v) is 10.1. The maximum absolute atomic E-state index is 12.8. The average molecular weight is 450 g/mol. The van der Waals surface area contributed by atoms with Crippen molar-refractivity contribution in [2.24, 2.45) is 0 Å². The number of hydrogen-bond donors (Lipinski definition) is 1. The van der Waals surface area contributed by atoms with Crippen LogP contribution in [0, 0.1) is 0 Å². The van der Waals surface area contributed by atoms with E-state index in [1.54, 1.807) is 18.2 Å². The maximum Gasteiger partial charge on any atom is 0.253 e. The van der Waals surface area contributed by atoms with Crippen LogP contribution in [0.2, 0.25) is 4.34 Å². The summed E-state index contributed by atoms with van der Waals surface area (Å²) in [4.78, 5) is 12.5. The van der Waals surface area contributed by atoms with E-state index in [1.165, 1.54) is 10.4 Å². The lowest BCUT2D eigenvalue weighted by atomic mass is 10.2. The van der Waals surface area contributed by atoms with Crippen LogP contribution in [-0.4, -0.2) is 31.2 Å². The molecule has 0 bridgehead atoms. The van der Waals surface area contributed by atoms with Crippen LogP contribution in [0.4, 0.5) is 5.69 Å². The van der Waals surface area contributed by atoms with Crippen molar-refractivity contribution in [1.29, 1.82) is 0 Å². The van der Waals surface area contributed by atoms with E-state index in [2.05, 4.69) is 21.2 Å². The van der Waals surface area contributed by atoms with Gasteiger partial charge in [0.1, 0.15) is 10.3 Å². The molecule has 0 radical (unpaired) electrons. The minimum Gasteiger partial charge on any atom is -0.325 e. The summed E-state index contributed by atoms with van der Waals surface area (Å²) in [5, 5.41) is 2.78. The number of benzene rings is 1. The molecule has 24 heavy (non-hydrogen) atoms. The van der Waals surface area contributed by atoms with Crippen molar-refractivity contribution in [1.82, 2.24) is 4.31 Å². The third-order valence-corrected chi connectivity index (χ3v) is 7.87. The lowest BCUT2D eigenvalue weighted by Gasteiger charge is -2.22. The number of thiophene rings is 1. The summed E-state index contributed by atoms with van der Waals surface area (Å²) in [7, 11) is -3.71. The van der Waals surface area contributed by atoms with Crippen molar-refractivity contribution < 1.29 is 13.2 Å². The number of hydrogen-bond acceptors (Lipinski definition) is 4. The summed E-state index contributed by atoms with van der Waals surface area (Å²) in [6, 6.07) is 9.46. The molecule has 1 fully saturated rings. The van der Waals surface area contributed by atoms with E-state index in [0.29, 0.717) is 29.4 Å². The molecule has 5 nitrogen and oxygen atoms in total. The lowest BCUT2D eigenvalue weighted by molar-refractivity contribution is -0.119. The van der Waals surface area contributed by atoms with E-state index in [1.807, 2.05) is 12.1 Å². The second kappa shape index (κ2) is 7.13. The first-order valence-corrected chi connectivity index (χ1v) is 10.6. The van der Waals surface area contributed by atoms with Crippen LogP contribution in [0.15, 0.2) is 45.1 Å². The van der Waals surface area contributed by atoms with Gasteiger partial charge >= 0.3 is 0 Å². The molecule has 1 atom stereocenters. The van der Waals surface area contributed by atoms with Gasteiger partial charge in [-0.3, -0.25) is 4.79 Å². The molecule has 1 aromatic heterocycles. The SMILES string of the molecule is O=C(Nc1ccc(Br)cc1)[C@H]1CCCN1S(=O)(=O)c1ccc(Cl)s1. The Bertz CT molecular complexity index is 852. The highest BCUT2D eigenvalue weighted by Gasteiger charge is 2.40. The molecule has 128 valence electrons. The van der Waals surface area contributed by atoms with Crippen LogP contribution >= 0.6 is 38.9 Å². The zero-order valence-corrected chi connectivity index (χ0v) is 16.4. The van der Waals surface area contributed by atoms with Gasteiger partial charge in [0, 0.05) is 16.7 Å². The fourth-order valence-corrected chi connectivity index (χ4v) is 6.13. The molecule has 1 aliphatic heterocycles. The molecule has 1 saturated heterocycles. The van der Waals surface area contributed by atoms with Crippen LogP contribution in [0.1, 0.15) is 12.8 Å². The van der Waals surface area contributed by atoms with Gasteiger partial charge in [-0.15, -0.1) is 11.3 Å². The highest BCUT2D eigenvalue weighted by atomic mass is 79.9. The van der Waals surface area contributed by atoms with Crippen molar-refractivity contribution >= 4 is 60.5 Å². The Morgan fingerprint density at radius 3 is 2.58 bits per heavy atom.